The monoisotopic (exact) mass is 246 g/mol. The van der Waals surface area contributed by atoms with Crippen LogP contribution in [0.4, 0.5) is 0 Å². The van der Waals surface area contributed by atoms with E-state index in [-0.39, 0.29) is 6.04 Å². The molecule has 0 aliphatic carbocycles. The highest BCUT2D eigenvalue weighted by Gasteiger charge is 2.11. The maximum absolute atomic E-state index is 6.10. The van der Waals surface area contributed by atoms with Crippen LogP contribution in [0.2, 0.25) is 0 Å². The second kappa shape index (κ2) is 6.16. The number of benzene rings is 1. The van der Waals surface area contributed by atoms with Crippen LogP contribution in [-0.2, 0) is 6.54 Å². The second-order valence-corrected chi connectivity index (χ2v) is 4.03. The highest BCUT2D eigenvalue weighted by atomic mass is 16.5. The van der Waals surface area contributed by atoms with Crippen molar-refractivity contribution in [3.05, 3.63) is 42.2 Å². The fourth-order valence-corrected chi connectivity index (χ4v) is 1.77. The van der Waals surface area contributed by atoms with Gasteiger partial charge in [-0.25, -0.2) is 4.68 Å². The van der Waals surface area contributed by atoms with Crippen molar-refractivity contribution in [2.75, 3.05) is 6.61 Å². The zero-order chi connectivity index (χ0) is 12.8. The summed E-state index contributed by atoms with van der Waals surface area (Å²) in [5.41, 5.74) is 7.05. The summed E-state index contributed by atoms with van der Waals surface area (Å²) >= 11 is 0. The van der Waals surface area contributed by atoms with E-state index in [0.717, 1.165) is 24.4 Å². The SMILES string of the molecule is CCn1nncc1C(N)CCOc1ccccc1. The number of hydrogen-bond donors (Lipinski definition) is 1. The van der Waals surface area contributed by atoms with E-state index in [2.05, 4.69) is 10.3 Å². The molecular formula is C13H18N4O. The van der Waals surface area contributed by atoms with Gasteiger partial charge in [0.05, 0.1) is 24.5 Å². The molecule has 96 valence electrons. The van der Waals surface area contributed by atoms with Crippen LogP contribution >= 0.6 is 0 Å². The molecule has 18 heavy (non-hydrogen) atoms. The first-order valence-electron chi connectivity index (χ1n) is 6.13. The molecule has 0 saturated carbocycles. The van der Waals surface area contributed by atoms with Crippen LogP contribution in [0, 0.1) is 0 Å². The average molecular weight is 246 g/mol. The zero-order valence-corrected chi connectivity index (χ0v) is 10.5. The smallest absolute Gasteiger partial charge is 0.119 e. The molecule has 0 radical (unpaired) electrons. The summed E-state index contributed by atoms with van der Waals surface area (Å²) in [6, 6.07) is 9.64. The van der Waals surface area contributed by atoms with Crippen molar-refractivity contribution in [3.63, 3.8) is 0 Å². The van der Waals surface area contributed by atoms with Crippen molar-refractivity contribution in [3.8, 4) is 5.75 Å². The third-order valence-corrected chi connectivity index (χ3v) is 2.77. The molecule has 1 aromatic carbocycles. The molecule has 2 aromatic rings. The zero-order valence-electron chi connectivity index (χ0n) is 10.5. The molecule has 5 heteroatoms. The van der Waals surface area contributed by atoms with Crippen molar-refractivity contribution in [2.45, 2.75) is 25.9 Å². The molecule has 0 spiro atoms. The maximum Gasteiger partial charge on any atom is 0.119 e. The van der Waals surface area contributed by atoms with Gasteiger partial charge in [0.15, 0.2) is 0 Å². The number of ether oxygens (including phenoxy) is 1. The Morgan fingerprint density at radius 3 is 2.83 bits per heavy atom. The predicted octanol–water partition coefficient (Wildman–Crippen LogP) is 1.77. The van der Waals surface area contributed by atoms with Crippen molar-refractivity contribution in [2.24, 2.45) is 5.73 Å². The molecule has 0 aliphatic rings. The molecule has 1 aromatic heterocycles. The van der Waals surface area contributed by atoms with Crippen LogP contribution < -0.4 is 10.5 Å². The molecule has 0 saturated heterocycles. The van der Waals surface area contributed by atoms with E-state index in [1.165, 1.54) is 0 Å². The Morgan fingerprint density at radius 1 is 1.33 bits per heavy atom. The summed E-state index contributed by atoms with van der Waals surface area (Å²) in [6.45, 7) is 3.38. The van der Waals surface area contributed by atoms with Crippen LogP contribution in [0.1, 0.15) is 25.1 Å². The first kappa shape index (κ1) is 12.6. The quantitative estimate of drug-likeness (QED) is 0.843. The van der Waals surface area contributed by atoms with E-state index >= 15 is 0 Å². The van der Waals surface area contributed by atoms with Crippen LogP contribution in [-0.4, -0.2) is 21.6 Å². The number of aryl methyl sites for hydroxylation is 1. The lowest BCUT2D eigenvalue weighted by atomic mass is 10.2. The van der Waals surface area contributed by atoms with Crippen molar-refractivity contribution in [1.29, 1.82) is 0 Å². The third-order valence-electron chi connectivity index (χ3n) is 2.77. The van der Waals surface area contributed by atoms with Gasteiger partial charge in [0.25, 0.3) is 0 Å². The summed E-state index contributed by atoms with van der Waals surface area (Å²) < 4.78 is 7.43. The molecule has 1 atom stereocenters. The molecule has 0 fully saturated rings. The minimum atomic E-state index is -0.0938. The summed E-state index contributed by atoms with van der Waals surface area (Å²) in [5, 5.41) is 7.84. The number of nitrogens with zero attached hydrogens (tertiary/aromatic N) is 3. The minimum Gasteiger partial charge on any atom is -0.494 e. The number of para-hydroxylation sites is 1. The van der Waals surface area contributed by atoms with Gasteiger partial charge in [0, 0.05) is 13.0 Å². The summed E-state index contributed by atoms with van der Waals surface area (Å²) in [6.07, 6.45) is 2.46. The minimum absolute atomic E-state index is 0.0938. The molecule has 2 N–H and O–H groups in total. The van der Waals surface area contributed by atoms with E-state index in [1.807, 2.05) is 41.9 Å². The molecule has 5 nitrogen and oxygen atoms in total. The lowest BCUT2D eigenvalue weighted by Gasteiger charge is -2.13. The van der Waals surface area contributed by atoms with Gasteiger partial charge in [-0.3, -0.25) is 0 Å². The normalized spacial score (nSPS) is 12.3. The number of nitrogens with two attached hydrogens (primary N) is 1. The third kappa shape index (κ3) is 3.07. The predicted molar refractivity (Wildman–Crippen MR) is 69.2 cm³/mol. The van der Waals surface area contributed by atoms with Gasteiger partial charge in [0.1, 0.15) is 5.75 Å². The van der Waals surface area contributed by atoms with E-state index < -0.39 is 0 Å². The highest BCUT2D eigenvalue weighted by molar-refractivity contribution is 5.20. The Hall–Kier alpha value is -1.88. The fraction of sp³-hybridized carbons (Fsp3) is 0.385. The van der Waals surface area contributed by atoms with E-state index in [1.54, 1.807) is 6.20 Å². The molecule has 1 heterocycles. The highest BCUT2D eigenvalue weighted by Crippen LogP contribution is 2.14. The van der Waals surface area contributed by atoms with Crippen molar-refractivity contribution in [1.82, 2.24) is 15.0 Å². The van der Waals surface area contributed by atoms with Gasteiger partial charge in [-0.2, -0.15) is 0 Å². The van der Waals surface area contributed by atoms with Gasteiger partial charge in [-0.15, -0.1) is 5.10 Å². The molecule has 2 rings (SSSR count). The number of rotatable bonds is 6. The Balaban J connectivity index is 1.84. The largest absolute Gasteiger partial charge is 0.494 e. The molecule has 0 aliphatic heterocycles. The van der Waals surface area contributed by atoms with Crippen molar-refractivity contribution < 1.29 is 4.74 Å². The van der Waals surface area contributed by atoms with Crippen LogP contribution in [0.3, 0.4) is 0 Å². The Morgan fingerprint density at radius 2 is 2.11 bits per heavy atom. The Kier molecular flexibility index (Phi) is 4.30. The molecule has 0 bridgehead atoms. The standard InChI is InChI=1S/C13H18N4O/c1-2-17-13(10-15-16-17)12(14)8-9-18-11-6-4-3-5-7-11/h3-7,10,12H,2,8-9,14H2,1H3. The van der Waals surface area contributed by atoms with Crippen LogP contribution in [0.15, 0.2) is 36.5 Å². The van der Waals surface area contributed by atoms with E-state index in [0.29, 0.717) is 6.61 Å². The number of hydrogen-bond acceptors (Lipinski definition) is 4. The maximum atomic E-state index is 6.10. The van der Waals surface area contributed by atoms with E-state index in [4.69, 9.17) is 10.5 Å². The van der Waals surface area contributed by atoms with Crippen LogP contribution in [0.25, 0.3) is 0 Å². The van der Waals surface area contributed by atoms with Gasteiger partial charge in [-0.05, 0) is 19.1 Å². The van der Waals surface area contributed by atoms with Gasteiger partial charge < -0.3 is 10.5 Å². The second-order valence-electron chi connectivity index (χ2n) is 4.03. The average Bonchev–Trinajstić information content (AvgIpc) is 2.88. The Labute approximate surface area is 107 Å². The molecule has 1 unspecified atom stereocenters. The summed E-state index contributed by atoms with van der Waals surface area (Å²) in [7, 11) is 0. The summed E-state index contributed by atoms with van der Waals surface area (Å²) in [5.74, 6) is 0.867. The molecular weight excluding hydrogens is 228 g/mol. The fourth-order valence-electron chi connectivity index (χ4n) is 1.77. The van der Waals surface area contributed by atoms with Gasteiger partial charge >= 0.3 is 0 Å². The van der Waals surface area contributed by atoms with Crippen molar-refractivity contribution >= 4 is 0 Å². The lowest BCUT2D eigenvalue weighted by Crippen LogP contribution is -2.18. The topological polar surface area (TPSA) is 66.0 Å². The van der Waals surface area contributed by atoms with Crippen LogP contribution in [0.5, 0.6) is 5.75 Å². The lowest BCUT2D eigenvalue weighted by molar-refractivity contribution is 0.295. The van der Waals surface area contributed by atoms with Gasteiger partial charge in [0.2, 0.25) is 0 Å². The first-order chi connectivity index (χ1) is 8.81. The first-order valence-corrected chi connectivity index (χ1v) is 6.13. The van der Waals surface area contributed by atoms with Gasteiger partial charge in [-0.1, -0.05) is 23.4 Å². The van der Waals surface area contributed by atoms with E-state index in [9.17, 15) is 0 Å². The molecule has 0 amide bonds. The summed E-state index contributed by atoms with van der Waals surface area (Å²) in [4.78, 5) is 0. The number of aromatic nitrogens is 3. The Bertz CT molecular complexity index is 469.